The molecule has 0 amide bonds. The summed E-state index contributed by atoms with van der Waals surface area (Å²) in [5, 5.41) is 0. The molecule has 28 heavy (non-hydrogen) atoms. The van der Waals surface area contributed by atoms with Gasteiger partial charge in [-0.2, -0.15) is 0 Å². The Kier molecular flexibility index (Phi) is 6.55. The molecule has 1 saturated heterocycles. The van der Waals surface area contributed by atoms with Gasteiger partial charge in [-0.15, -0.1) is 0 Å². The lowest BCUT2D eigenvalue weighted by Gasteiger charge is -2.19. The number of hydrogen-bond donors (Lipinski definition) is 0. The van der Waals surface area contributed by atoms with Crippen molar-refractivity contribution in [1.29, 1.82) is 0 Å². The third kappa shape index (κ3) is 5.47. The minimum absolute atomic E-state index is 0.125. The predicted molar refractivity (Wildman–Crippen MR) is 111 cm³/mol. The first-order valence-corrected chi connectivity index (χ1v) is 10.0. The molecule has 2 heterocycles. The van der Waals surface area contributed by atoms with Gasteiger partial charge in [-0.1, -0.05) is 19.1 Å². The summed E-state index contributed by atoms with van der Waals surface area (Å²) in [5.41, 5.74) is 2.26. The summed E-state index contributed by atoms with van der Waals surface area (Å²) in [6.45, 7) is 9.50. The third-order valence-corrected chi connectivity index (χ3v) is 4.93. The Morgan fingerprint density at radius 3 is 2.54 bits per heavy atom. The number of nitrogens with zero attached hydrogens (tertiary/aromatic N) is 2. The smallest absolute Gasteiger partial charge is 0.213 e. The van der Waals surface area contributed by atoms with Crippen LogP contribution in [0.25, 0.3) is 0 Å². The summed E-state index contributed by atoms with van der Waals surface area (Å²) >= 11 is 0. The third-order valence-electron chi connectivity index (χ3n) is 4.93. The minimum atomic E-state index is 0.125. The molecule has 0 N–H and O–H groups in total. The van der Waals surface area contributed by atoms with E-state index in [-0.39, 0.29) is 23.9 Å². The second kappa shape index (κ2) is 9.09. The van der Waals surface area contributed by atoms with Gasteiger partial charge in [-0.05, 0) is 50.5 Å². The molecule has 2 aromatic rings. The molecule has 1 fully saturated rings. The molecule has 3 rings (SSSR count). The van der Waals surface area contributed by atoms with Crippen LogP contribution in [0.5, 0.6) is 11.6 Å². The molecule has 1 aliphatic rings. The fourth-order valence-corrected chi connectivity index (χ4v) is 3.55. The lowest BCUT2D eigenvalue weighted by Crippen LogP contribution is -2.24. The van der Waals surface area contributed by atoms with E-state index in [1.807, 2.05) is 38.2 Å². The van der Waals surface area contributed by atoms with E-state index in [1.54, 1.807) is 6.92 Å². The highest BCUT2D eigenvalue weighted by Gasteiger charge is 2.24. The van der Waals surface area contributed by atoms with E-state index >= 15 is 0 Å². The fourth-order valence-electron chi connectivity index (χ4n) is 3.55. The summed E-state index contributed by atoms with van der Waals surface area (Å²) in [5.74, 6) is 2.00. The van der Waals surface area contributed by atoms with E-state index in [1.165, 1.54) is 5.56 Å². The van der Waals surface area contributed by atoms with Gasteiger partial charge in [-0.25, -0.2) is 4.98 Å². The van der Waals surface area contributed by atoms with Crippen LogP contribution < -0.4 is 14.4 Å². The van der Waals surface area contributed by atoms with Crippen LogP contribution in [0.4, 0.5) is 5.69 Å². The van der Waals surface area contributed by atoms with Crippen LogP contribution in [0.3, 0.4) is 0 Å². The Balaban J connectivity index is 1.53. The lowest BCUT2D eigenvalue weighted by atomic mass is 9.96. The molecule has 1 aromatic heterocycles. The molecular weight excluding hydrogens is 352 g/mol. The molecule has 2 atom stereocenters. The van der Waals surface area contributed by atoms with Gasteiger partial charge in [0.05, 0.1) is 24.5 Å². The van der Waals surface area contributed by atoms with Crippen LogP contribution in [-0.2, 0) is 4.79 Å². The zero-order valence-corrected chi connectivity index (χ0v) is 17.2. The number of carbonyl (C=O) groups is 1. The van der Waals surface area contributed by atoms with Crippen LogP contribution >= 0.6 is 0 Å². The molecule has 0 saturated carbocycles. The maximum Gasteiger partial charge on any atom is 0.213 e. The zero-order valence-electron chi connectivity index (χ0n) is 17.2. The van der Waals surface area contributed by atoms with Crippen molar-refractivity contribution in [2.24, 2.45) is 0 Å². The number of ether oxygens (including phenoxy) is 2. The van der Waals surface area contributed by atoms with Crippen LogP contribution in [0.1, 0.15) is 52.0 Å². The SMILES string of the molecule is CC(=O)C[C@@H](C)c1ccc(OC2CCN(c3ccc(OC(C)C)nc3)C2)cc1. The normalized spacial score (nSPS) is 17.6. The standard InChI is InChI=1S/C23H30N2O3/c1-16(2)27-23-10-7-20(14-24-23)25-12-11-22(15-25)28-21-8-5-19(6-9-21)17(3)13-18(4)26/h5-10,14,16-17,22H,11-13,15H2,1-4H3/t17-,22?/m1/s1. The number of Topliss-reactive ketones (excluding diaryl/α,β-unsaturated/α-hetero) is 1. The van der Waals surface area contributed by atoms with E-state index < -0.39 is 0 Å². The number of rotatable bonds is 8. The van der Waals surface area contributed by atoms with Crippen molar-refractivity contribution in [3.8, 4) is 11.6 Å². The minimum Gasteiger partial charge on any atom is -0.489 e. The van der Waals surface area contributed by atoms with E-state index in [2.05, 4.69) is 35.0 Å². The average molecular weight is 383 g/mol. The van der Waals surface area contributed by atoms with Gasteiger partial charge in [0.2, 0.25) is 5.88 Å². The van der Waals surface area contributed by atoms with Crippen molar-refractivity contribution in [3.05, 3.63) is 48.2 Å². The Morgan fingerprint density at radius 1 is 1.18 bits per heavy atom. The number of aromatic nitrogens is 1. The van der Waals surface area contributed by atoms with Gasteiger partial charge in [0.25, 0.3) is 0 Å². The van der Waals surface area contributed by atoms with E-state index in [0.29, 0.717) is 12.3 Å². The van der Waals surface area contributed by atoms with Crippen LogP contribution in [0, 0.1) is 0 Å². The largest absolute Gasteiger partial charge is 0.489 e. The number of benzene rings is 1. The summed E-state index contributed by atoms with van der Waals surface area (Å²) in [6.07, 6.45) is 3.71. The first-order valence-electron chi connectivity index (χ1n) is 10.0. The van der Waals surface area contributed by atoms with Crippen molar-refractivity contribution in [2.45, 2.75) is 58.7 Å². The van der Waals surface area contributed by atoms with Crippen molar-refractivity contribution in [2.75, 3.05) is 18.0 Å². The van der Waals surface area contributed by atoms with Crippen molar-refractivity contribution in [3.63, 3.8) is 0 Å². The number of anilines is 1. The summed E-state index contributed by atoms with van der Waals surface area (Å²) in [4.78, 5) is 18.0. The summed E-state index contributed by atoms with van der Waals surface area (Å²) < 4.78 is 11.8. The number of ketones is 1. The van der Waals surface area contributed by atoms with E-state index in [0.717, 1.165) is 30.9 Å². The Morgan fingerprint density at radius 2 is 1.93 bits per heavy atom. The van der Waals surface area contributed by atoms with Crippen LogP contribution in [0.15, 0.2) is 42.6 Å². The maximum absolute atomic E-state index is 11.3. The van der Waals surface area contributed by atoms with Gasteiger partial charge < -0.3 is 19.2 Å². The Bertz CT molecular complexity index is 771. The van der Waals surface area contributed by atoms with Gasteiger partial charge in [-0.3, -0.25) is 0 Å². The lowest BCUT2D eigenvalue weighted by molar-refractivity contribution is -0.117. The molecule has 0 radical (unpaired) electrons. The molecule has 1 aromatic carbocycles. The van der Waals surface area contributed by atoms with Crippen molar-refractivity contribution in [1.82, 2.24) is 4.98 Å². The first-order chi connectivity index (χ1) is 13.4. The monoisotopic (exact) mass is 382 g/mol. The molecule has 5 heteroatoms. The fraction of sp³-hybridized carbons (Fsp3) is 0.478. The topological polar surface area (TPSA) is 51.7 Å². The van der Waals surface area contributed by atoms with Crippen LogP contribution in [0.2, 0.25) is 0 Å². The second-order valence-electron chi connectivity index (χ2n) is 7.87. The van der Waals surface area contributed by atoms with Crippen LogP contribution in [-0.4, -0.2) is 36.1 Å². The highest BCUT2D eigenvalue weighted by molar-refractivity contribution is 5.76. The highest BCUT2D eigenvalue weighted by Crippen LogP contribution is 2.26. The Labute approximate surface area is 167 Å². The molecule has 1 unspecified atom stereocenters. The van der Waals surface area contributed by atoms with Gasteiger partial charge >= 0.3 is 0 Å². The molecule has 150 valence electrons. The predicted octanol–water partition coefficient (Wildman–Crippen LogP) is 4.61. The quantitative estimate of drug-likeness (QED) is 0.667. The van der Waals surface area contributed by atoms with E-state index in [4.69, 9.17) is 9.47 Å². The average Bonchev–Trinajstić information content (AvgIpc) is 3.10. The molecule has 0 aliphatic carbocycles. The Hall–Kier alpha value is -2.56. The molecular formula is C23H30N2O3. The molecule has 0 spiro atoms. The first kappa shape index (κ1) is 20.2. The maximum atomic E-state index is 11.3. The highest BCUT2D eigenvalue weighted by atomic mass is 16.5. The molecule has 0 bridgehead atoms. The summed E-state index contributed by atoms with van der Waals surface area (Å²) in [6, 6.07) is 12.1. The summed E-state index contributed by atoms with van der Waals surface area (Å²) in [7, 11) is 0. The van der Waals surface area contributed by atoms with Crippen molar-refractivity contribution >= 4 is 11.5 Å². The molecule has 5 nitrogen and oxygen atoms in total. The number of hydrogen-bond acceptors (Lipinski definition) is 5. The zero-order chi connectivity index (χ0) is 20.1. The van der Waals surface area contributed by atoms with Gasteiger partial charge in [0, 0.05) is 25.5 Å². The number of pyridine rings is 1. The molecule has 1 aliphatic heterocycles. The number of carbonyl (C=O) groups excluding carboxylic acids is 1. The van der Waals surface area contributed by atoms with Gasteiger partial charge in [0.15, 0.2) is 0 Å². The van der Waals surface area contributed by atoms with E-state index in [9.17, 15) is 4.79 Å². The second-order valence-corrected chi connectivity index (χ2v) is 7.87. The van der Waals surface area contributed by atoms with Gasteiger partial charge in [0.1, 0.15) is 17.6 Å². The van der Waals surface area contributed by atoms with Crippen molar-refractivity contribution < 1.29 is 14.3 Å².